The average molecular weight is 308 g/mol. The lowest BCUT2D eigenvalue weighted by atomic mass is 10.0. The number of rotatable bonds is 5. The number of hydrogen-bond donors (Lipinski definition) is 2. The van der Waals surface area contributed by atoms with Crippen molar-refractivity contribution in [2.24, 2.45) is 5.41 Å². The summed E-state index contributed by atoms with van der Waals surface area (Å²) in [7, 11) is 0. The standard InChI is InChI=1S/C19H20N2O2/c1-14-6-5-7-15(12-14)13-20-17(22)19(10-11-19)18(23)21-16-8-3-2-4-9-16/h2-9,12H,10-11,13H2,1H3,(H,20,22)(H,21,23). The van der Waals surface area contributed by atoms with Crippen molar-refractivity contribution in [3.63, 3.8) is 0 Å². The molecule has 4 heteroatoms. The van der Waals surface area contributed by atoms with Crippen molar-refractivity contribution in [2.45, 2.75) is 26.3 Å². The lowest BCUT2D eigenvalue weighted by molar-refractivity contribution is -0.134. The number of hydrogen-bond acceptors (Lipinski definition) is 2. The first-order valence-corrected chi connectivity index (χ1v) is 7.80. The Morgan fingerprint density at radius 3 is 2.39 bits per heavy atom. The van der Waals surface area contributed by atoms with Gasteiger partial charge in [0, 0.05) is 12.2 Å². The zero-order valence-corrected chi connectivity index (χ0v) is 13.1. The highest BCUT2D eigenvalue weighted by Gasteiger charge is 2.56. The summed E-state index contributed by atoms with van der Waals surface area (Å²) in [6.07, 6.45) is 1.20. The SMILES string of the molecule is Cc1cccc(CNC(=O)C2(C(=O)Nc3ccccc3)CC2)c1. The predicted molar refractivity (Wildman–Crippen MR) is 89.8 cm³/mol. The molecule has 0 aromatic heterocycles. The maximum atomic E-state index is 12.4. The maximum Gasteiger partial charge on any atom is 0.240 e. The summed E-state index contributed by atoms with van der Waals surface area (Å²) >= 11 is 0. The van der Waals surface area contributed by atoms with Gasteiger partial charge in [-0.15, -0.1) is 0 Å². The molecule has 0 aliphatic heterocycles. The minimum absolute atomic E-state index is 0.188. The van der Waals surface area contributed by atoms with E-state index in [1.54, 1.807) is 0 Å². The maximum absolute atomic E-state index is 12.4. The summed E-state index contributed by atoms with van der Waals surface area (Å²) in [4.78, 5) is 24.9. The summed E-state index contributed by atoms with van der Waals surface area (Å²) in [6.45, 7) is 2.46. The van der Waals surface area contributed by atoms with Crippen LogP contribution < -0.4 is 10.6 Å². The summed E-state index contributed by atoms with van der Waals surface area (Å²) < 4.78 is 0. The van der Waals surface area contributed by atoms with E-state index in [4.69, 9.17) is 0 Å². The van der Waals surface area contributed by atoms with Gasteiger partial charge in [-0.25, -0.2) is 0 Å². The Kier molecular flexibility index (Phi) is 4.15. The van der Waals surface area contributed by atoms with Gasteiger partial charge in [-0.05, 0) is 37.5 Å². The molecule has 2 N–H and O–H groups in total. The molecular formula is C19H20N2O2. The molecule has 1 aliphatic carbocycles. The third-order valence-electron chi connectivity index (χ3n) is 4.19. The van der Waals surface area contributed by atoms with Crippen LogP contribution >= 0.6 is 0 Å². The van der Waals surface area contributed by atoms with E-state index in [2.05, 4.69) is 10.6 Å². The van der Waals surface area contributed by atoms with Crippen molar-refractivity contribution in [1.29, 1.82) is 0 Å². The fraction of sp³-hybridized carbons (Fsp3) is 0.263. The van der Waals surface area contributed by atoms with Crippen LogP contribution in [0.4, 0.5) is 5.69 Å². The molecule has 0 saturated heterocycles. The number of carbonyl (C=O) groups is 2. The highest BCUT2D eigenvalue weighted by molar-refractivity contribution is 6.13. The molecule has 1 fully saturated rings. The minimum Gasteiger partial charge on any atom is -0.351 e. The van der Waals surface area contributed by atoms with Crippen LogP contribution in [-0.2, 0) is 16.1 Å². The lowest BCUT2D eigenvalue weighted by Crippen LogP contribution is -2.39. The lowest BCUT2D eigenvalue weighted by Gasteiger charge is -2.15. The van der Waals surface area contributed by atoms with Crippen molar-refractivity contribution in [1.82, 2.24) is 5.32 Å². The van der Waals surface area contributed by atoms with Gasteiger partial charge in [-0.2, -0.15) is 0 Å². The molecule has 0 atom stereocenters. The van der Waals surface area contributed by atoms with Crippen molar-refractivity contribution in [3.8, 4) is 0 Å². The topological polar surface area (TPSA) is 58.2 Å². The van der Waals surface area contributed by atoms with E-state index in [-0.39, 0.29) is 11.8 Å². The second-order valence-corrected chi connectivity index (χ2v) is 6.07. The van der Waals surface area contributed by atoms with Gasteiger partial charge in [-0.1, -0.05) is 48.0 Å². The van der Waals surface area contributed by atoms with Gasteiger partial charge in [0.05, 0.1) is 0 Å². The van der Waals surface area contributed by atoms with E-state index in [1.165, 1.54) is 0 Å². The first-order chi connectivity index (χ1) is 11.1. The van der Waals surface area contributed by atoms with Crippen LogP contribution in [0.15, 0.2) is 54.6 Å². The Morgan fingerprint density at radius 2 is 1.74 bits per heavy atom. The fourth-order valence-corrected chi connectivity index (χ4v) is 2.63. The molecule has 0 spiro atoms. The van der Waals surface area contributed by atoms with Gasteiger partial charge in [0.2, 0.25) is 11.8 Å². The molecule has 0 bridgehead atoms. The van der Waals surface area contributed by atoms with Gasteiger partial charge in [-0.3, -0.25) is 9.59 Å². The number of para-hydroxylation sites is 1. The first-order valence-electron chi connectivity index (χ1n) is 7.80. The van der Waals surface area contributed by atoms with Gasteiger partial charge >= 0.3 is 0 Å². The number of nitrogens with one attached hydrogen (secondary N) is 2. The van der Waals surface area contributed by atoms with Crippen molar-refractivity contribution < 1.29 is 9.59 Å². The van der Waals surface area contributed by atoms with Gasteiger partial charge in [0.15, 0.2) is 0 Å². The molecule has 0 heterocycles. The van der Waals surface area contributed by atoms with E-state index in [1.807, 2.05) is 61.5 Å². The zero-order chi connectivity index (χ0) is 16.3. The third-order valence-corrected chi connectivity index (χ3v) is 4.19. The van der Waals surface area contributed by atoms with E-state index >= 15 is 0 Å². The van der Waals surface area contributed by atoms with E-state index in [0.717, 1.165) is 16.8 Å². The Labute approximate surface area is 135 Å². The number of aryl methyl sites for hydroxylation is 1. The minimum atomic E-state index is -0.903. The summed E-state index contributed by atoms with van der Waals surface area (Å²) in [5.41, 5.74) is 2.01. The second-order valence-electron chi connectivity index (χ2n) is 6.07. The first kappa shape index (κ1) is 15.3. The molecule has 1 aliphatic rings. The second kappa shape index (κ2) is 6.24. The normalized spacial score (nSPS) is 14.8. The highest BCUT2D eigenvalue weighted by atomic mass is 16.2. The summed E-state index contributed by atoms with van der Waals surface area (Å²) in [6, 6.07) is 17.2. The number of anilines is 1. The Bertz CT molecular complexity index is 721. The Hall–Kier alpha value is -2.62. The molecule has 1 saturated carbocycles. The van der Waals surface area contributed by atoms with Crippen LogP contribution in [0, 0.1) is 12.3 Å². The number of carbonyl (C=O) groups excluding carboxylic acids is 2. The van der Waals surface area contributed by atoms with Crippen LogP contribution in [0.3, 0.4) is 0 Å². The third kappa shape index (κ3) is 3.42. The molecule has 2 aromatic rings. The summed E-state index contributed by atoms with van der Waals surface area (Å²) in [5.74, 6) is -0.405. The van der Waals surface area contributed by atoms with Gasteiger partial charge < -0.3 is 10.6 Å². The molecule has 3 rings (SSSR count). The monoisotopic (exact) mass is 308 g/mol. The van der Waals surface area contributed by atoms with Crippen LogP contribution in [0.2, 0.25) is 0 Å². The highest BCUT2D eigenvalue weighted by Crippen LogP contribution is 2.46. The number of benzene rings is 2. The Balaban J connectivity index is 1.61. The van der Waals surface area contributed by atoms with E-state index in [9.17, 15) is 9.59 Å². The fourth-order valence-electron chi connectivity index (χ4n) is 2.63. The summed E-state index contributed by atoms with van der Waals surface area (Å²) in [5, 5.41) is 5.73. The largest absolute Gasteiger partial charge is 0.351 e. The van der Waals surface area contributed by atoms with E-state index in [0.29, 0.717) is 19.4 Å². The smallest absolute Gasteiger partial charge is 0.240 e. The van der Waals surface area contributed by atoms with Crippen LogP contribution in [0.5, 0.6) is 0 Å². The quantitative estimate of drug-likeness (QED) is 0.834. The van der Waals surface area contributed by atoms with Gasteiger partial charge in [0.1, 0.15) is 5.41 Å². The average Bonchev–Trinajstić information content (AvgIpc) is 3.35. The number of amides is 2. The van der Waals surface area contributed by atoms with Crippen molar-refractivity contribution in [3.05, 3.63) is 65.7 Å². The molecule has 2 amide bonds. The van der Waals surface area contributed by atoms with E-state index < -0.39 is 5.41 Å². The zero-order valence-electron chi connectivity index (χ0n) is 13.1. The van der Waals surface area contributed by atoms with Crippen molar-refractivity contribution in [2.75, 3.05) is 5.32 Å². The Morgan fingerprint density at radius 1 is 1.00 bits per heavy atom. The van der Waals surface area contributed by atoms with Crippen LogP contribution in [-0.4, -0.2) is 11.8 Å². The van der Waals surface area contributed by atoms with Crippen molar-refractivity contribution >= 4 is 17.5 Å². The molecule has 0 radical (unpaired) electrons. The van der Waals surface area contributed by atoms with Gasteiger partial charge in [0.25, 0.3) is 0 Å². The van der Waals surface area contributed by atoms with Crippen LogP contribution in [0.1, 0.15) is 24.0 Å². The molecule has 23 heavy (non-hydrogen) atoms. The molecule has 4 nitrogen and oxygen atoms in total. The molecule has 0 unspecified atom stereocenters. The molecule has 2 aromatic carbocycles. The molecule has 118 valence electrons. The van der Waals surface area contributed by atoms with Crippen LogP contribution in [0.25, 0.3) is 0 Å². The predicted octanol–water partition coefficient (Wildman–Crippen LogP) is 3.03. The molecular weight excluding hydrogens is 288 g/mol.